The van der Waals surface area contributed by atoms with Crippen LogP contribution in [-0.2, 0) is 10.0 Å². The normalized spacial score (nSPS) is 11.8. The van der Waals surface area contributed by atoms with Crippen molar-refractivity contribution in [1.82, 2.24) is 4.83 Å². The lowest BCUT2D eigenvalue weighted by atomic mass is 10.2. The molecule has 116 valence electrons. The second kappa shape index (κ2) is 6.99. The van der Waals surface area contributed by atoms with Gasteiger partial charge in [-0.25, -0.2) is 4.83 Å². The number of hydrazone groups is 1. The second-order valence-corrected chi connectivity index (χ2v) is 5.74. The monoisotopic (exact) mass is 326 g/mol. The standard InChI is InChI=1S/C14H12F2N2O3S/c15-14(16)21-13-9-5-4-6-11(13)10-17-18-22(19,20)12-7-2-1-3-8-12/h1-10,14,18H. The molecule has 0 amide bonds. The minimum atomic E-state index is -3.80. The molecular formula is C14H12F2N2O3S. The molecule has 5 nitrogen and oxygen atoms in total. The van der Waals surface area contributed by atoms with Gasteiger partial charge in [-0.3, -0.25) is 0 Å². The van der Waals surface area contributed by atoms with Crippen LogP contribution in [0.15, 0.2) is 64.6 Å². The first-order valence-electron chi connectivity index (χ1n) is 6.13. The fourth-order valence-electron chi connectivity index (χ4n) is 1.61. The smallest absolute Gasteiger partial charge is 0.387 e. The van der Waals surface area contributed by atoms with Crippen LogP contribution in [-0.4, -0.2) is 21.2 Å². The first kappa shape index (κ1) is 15.9. The van der Waals surface area contributed by atoms with E-state index >= 15 is 0 Å². The summed E-state index contributed by atoms with van der Waals surface area (Å²) in [7, 11) is -3.80. The van der Waals surface area contributed by atoms with E-state index in [2.05, 4.69) is 9.84 Å². The van der Waals surface area contributed by atoms with E-state index in [0.29, 0.717) is 0 Å². The lowest BCUT2D eigenvalue weighted by Crippen LogP contribution is -2.18. The van der Waals surface area contributed by atoms with Crippen LogP contribution in [0.5, 0.6) is 5.75 Å². The summed E-state index contributed by atoms with van der Waals surface area (Å²) >= 11 is 0. The Labute approximate surface area is 126 Å². The van der Waals surface area contributed by atoms with E-state index in [1.807, 2.05) is 4.83 Å². The number of nitrogens with one attached hydrogen (secondary N) is 1. The maximum absolute atomic E-state index is 12.3. The van der Waals surface area contributed by atoms with Gasteiger partial charge in [0.25, 0.3) is 10.0 Å². The number of para-hydroxylation sites is 1. The Morgan fingerprint density at radius 3 is 2.36 bits per heavy atom. The predicted molar refractivity (Wildman–Crippen MR) is 77.4 cm³/mol. The van der Waals surface area contributed by atoms with Gasteiger partial charge in [0.1, 0.15) is 5.75 Å². The second-order valence-electron chi connectivity index (χ2n) is 4.08. The Morgan fingerprint density at radius 2 is 1.68 bits per heavy atom. The number of ether oxygens (including phenoxy) is 1. The summed E-state index contributed by atoms with van der Waals surface area (Å²) in [6.45, 7) is -2.98. The van der Waals surface area contributed by atoms with Crippen LogP contribution in [0, 0.1) is 0 Å². The Hall–Kier alpha value is -2.48. The highest BCUT2D eigenvalue weighted by atomic mass is 32.2. The van der Waals surface area contributed by atoms with Gasteiger partial charge in [-0.1, -0.05) is 30.3 Å². The van der Waals surface area contributed by atoms with Crippen molar-refractivity contribution in [3.8, 4) is 5.75 Å². The minimum absolute atomic E-state index is 0.0456. The highest BCUT2D eigenvalue weighted by molar-refractivity contribution is 7.89. The average Bonchev–Trinajstić information content (AvgIpc) is 2.49. The molecular weight excluding hydrogens is 314 g/mol. The van der Waals surface area contributed by atoms with E-state index in [1.165, 1.54) is 30.3 Å². The number of nitrogens with zero attached hydrogens (tertiary/aromatic N) is 1. The molecule has 2 aromatic rings. The highest BCUT2D eigenvalue weighted by Crippen LogP contribution is 2.18. The largest absolute Gasteiger partial charge is 0.434 e. The number of sulfonamides is 1. The van der Waals surface area contributed by atoms with Gasteiger partial charge < -0.3 is 4.74 Å². The average molecular weight is 326 g/mol. The van der Waals surface area contributed by atoms with Crippen LogP contribution in [0.4, 0.5) is 8.78 Å². The van der Waals surface area contributed by atoms with Gasteiger partial charge in [-0.2, -0.15) is 22.3 Å². The molecule has 8 heteroatoms. The summed E-state index contributed by atoms with van der Waals surface area (Å²) in [6, 6.07) is 13.6. The third-order valence-corrected chi connectivity index (χ3v) is 3.80. The molecule has 1 N–H and O–H groups in total. The van der Waals surface area contributed by atoms with Gasteiger partial charge in [-0.05, 0) is 24.3 Å². The third kappa shape index (κ3) is 4.26. The third-order valence-electron chi connectivity index (χ3n) is 2.57. The summed E-state index contributed by atoms with van der Waals surface area (Å²) in [5.41, 5.74) is 0.221. The van der Waals surface area contributed by atoms with E-state index in [1.54, 1.807) is 24.3 Å². The van der Waals surface area contributed by atoms with Crippen LogP contribution in [0.25, 0.3) is 0 Å². The van der Waals surface area contributed by atoms with Crippen molar-refractivity contribution in [2.75, 3.05) is 0 Å². The van der Waals surface area contributed by atoms with Crippen molar-refractivity contribution in [2.45, 2.75) is 11.5 Å². The zero-order chi connectivity index (χ0) is 16.0. The SMILES string of the molecule is O=S(=O)(NN=Cc1ccccc1OC(F)F)c1ccccc1. The van der Waals surface area contributed by atoms with Gasteiger partial charge in [0.05, 0.1) is 11.1 Å². The number of hydrogen-bond donors (Lipinski definition) is 1. The van der Waals surface area contributed by atoms with E-state index in [9.17, 15) is 17.2 Å². The van der Waals surface area contributed by atoms with E-state index in [4.69, 9.17) is 0 Å². The molecule has 0 fully saturated rings. The number of benzene rings is 2. The van der Waals surface area contributed by atoms with Gasteiger partial charge in [0.2, 0.25) is 0 Å². The summed E-state index contributed by atoms with van der Waals surface area (Å²) in [5.74, 6) is -0.0971. The van der Waals surface area contributed by atoms with Crippen molar-refractivity contribution in [1.29, 1.82) is 0 Å². The van der Waals surface area contributed by atoms with Crippen LogP contribution in [0.1, 0.15) is 5.56 Å². The van der Waals surface area contributed by atoms with Crippen molar-refractivity contribution in [2.24, 2.45) is 5.10 Å². The molecule has 22 heavy (non-hydrogen) atoms. The van der Waals surface area contributed by atoms with Crippen LogP contribution in [0.2, 0.25) is 0 Å². The Kier molecular flexibility index (Phi) is 5.05. The molecule has 2 aromatic carbocycles. The quantitative estimate of drug-likeness (QED) is 0.655. The molecule has 0 heterocycles. The topological polar surface area (TPSA) is 67.8 Å². The number of rotatable bonds is 6. The van der Waals surface area contributed by atoms with E-state index in [0.717, 1.165) is 6.21 Å². The van der Waals surface area contributed by atoms with Crippen LogP contribution < -0.4 is 9.57 Å². The molecule has 2 rings (SSSR count). The fraction of sp³-hybridized carbons (Fsp3) is 0.0714. The van der Waals surface area contributed by atoms with Crippen molar-refractivity contribution in [3.63, 3.8) is 0 Å². The Bertz CT molecular complexity index is 750. The predicted octanol–water partition coefficient (Wildman–Crippen LogP) is 2.60. The van der Waals surface area contributed by atoms with E-state index in [-0.39, 0.29) is 16.2 Å². The molecule has 0 unspecified atom stereocenters. The fourth-order valence-corrected chi connectivity index (χ4v) is 2.42. The van der Waals surface area contributed by atoms with Gasteiger partial charge >= 0.3 is 6.61 Å². The summed E-state index contributed by atoms with van der Waals surface area (Å²) in [6.07, 6.45) is 1.10. The molecule has 0 radical (unpaired) electrons. The maximum atomic E-state index is 12.3. The lowest BCUT2D eigenvalue weighted by molar-refractivity contribution is -0.0499. The molecule has 0 aliphatic rings. The number of alkyl halides is 2. The van der Waals surface area contributed by atoms with Crippen LogP contribution >= 0.6 is 0 Å². The molecule has 0 aliphatic carbocycles. The molecule has 0 aliphatic heterocycles. The zero-order valence-corrected chi connectivity index (χ0v) is 12.0. The van der Waals surface area contributed by atoms with Crippen molar-refractivity contribution < 1.29 is 21.9 Å². The van der Waals surface area contributed by atoms with Gasteiger partial charge in [0, 0.05) is 5.56 Å². The van der Waals surface area contributed by atoms with Crippen LogP contribution in [0.3, 0.4) is 0 Å². The Balaban J connectivity index is 2.13. The van der Waals surface area contributed by atoms with E-state index < -0.39 is 16.6 Å². The Morgan fingerprint density at radius 1 is 1.05 bits per heavy atom. The molecule has 0 atom stereocenters. The van der Waals surface area contributed by atoms with Crippen molar-refractivity contribution in [3.05, 3.63) is 60.2 Å². The summed E-state index contributed by atoms with van der Waals surface area (Å²) < 4.78 is 52.6. The zero-order valence-electron chi connectivity index (χ0n) is 11.2. The van der Waals surface area contributed by atoms with Gasteiger partial charge in [0.15, 0.2) is 0 Å². The minimum Gasteiger partial charge on any atom is -0.434 e. The summed E-state index contributed by atoms with van der Waals surface area (Å²) in [5, 5.41) is 3.57. The number of hydrogen-bond acceptors (Lipinski definition) is 4. The first-order chi connectivity index (χ1) is 10.5. The molecule has 0 aromatic heterocycles. The van der Waals surface area contributed by atoms with Gasteiger partial charge in [-0.15, -0.1) is 0 Å². The summed E-state index contributed by atoms with van der Waals surface area (Å²) in [4.78, 5) is 2.05. The van der Waals surface area contributed by atoms with Crippen molar-refractivity contribution >= 4 is 16.2 Å². The molecule has 0 spiro atoms. The highest BCUT2D eigenvalue weighted by Gasteiger charge is 2.12. The number of halogens is 2. The molecule has 0 saturated carbocycles. The molecule has 0 saturated heterocycles. The maximum Gasteiger partial charge on any atom is 0.387 e. The first-order valence-corrected chi connectivity index (χ1v) is 7.61. The molecule has 0 bridgehead atoms. The lowest BCUT2D eigenvalue weighted by Gasteiger charge is -2.07.